The zero-order valence-corrected chi connectivity index (χ0v) is 21.6. The van der Waals surface area contributed by atoms with Crippen LogP contribution >= 0.6 is 81.2 Å². The molecule has 0 radical (unpaired) electrons. The van der Waals surface area contributed by atoms with Gasteiger partial charge in [-0.05, 0) is 41.7 Å². The summed E-state index contributed by atoms with van der Waals surface area (Å²) in [7, 11) is 0. The van der Waals surface area contributed by atoms with Crippen LogP contribution in [0.25, 0.3) is 32.9 Å². The van der Waals surface area contributed by atoms with Crippen LogP contribution in [0.15, 0.2) is 54.6 Å². The van der Waals surface area contributed by atoms with Crippen LogP contribution in [0.1, 0.15) is 23.4 Å². The smallest absolute Gasteiger partial charge is 0.232 e. The van der Waals surface area contributed by atoms with E-state index in [1.165, 1.54) is 5.56 Å². The van der Waals surface area contributed by atoms with Gasteiger partial charge in [0.2, 0.25) is 7.59 Å². The predicted molar refractivity (Wildman–Crippen MR) is 140 cm³/mol. The fraction of sp³-hybridized carbons (Fsp3) is 0.217. The van der Waals surface area contributed by atoms with Crippen molar-refractivity contribution < 1.29 is 0 Å². The van der Waals surface area contributed by atoms with Crippen LogP contribution < -0.4 is 0 Å². The fourth-order valence-corrected chi connectivity index (χ4v) is 4.28. The van der Waals surface area contributed by atoms with E-state index in [0.29, 0.717) is 16.9 Å². The molecule has 9 heteroatoms. The highest BCUT2D eigenvalue weighted by Gasteiger charge is 2.28. The molecule has 0 saturated carbocycles. The van der Waals surface area contributed by atoms with E-state index in [9.17, 15) is 0 Å². The molecule has 32 heavy (non-hydrogen) atoms. The molecule has 4 rings (SSSR count). The molecule has 0 aliphatic rings. The number of rotatable bonds is 4. The molecule has 4 aromatic rings. The lowest BCUT2D eigenvalue weighted by Crippen LogP contribution is -2.06. The number of pyridine rings is 2. The van der Waals surface area contributed by atoms with E-state index >= 15 is 0 Å². The molecule has 2 heterocycles. The first-order valence-electron chi connectivity index (χ1n) is 9.62. The van der Waals surface area contributed by atoms with Gasteiger partial charge in [0.1, 0.15) is 0 Å². The van der Waals surface area contributed by atoms with Crippen LogP contribution in [-0.4, -0.2) is 15.8 Å². The zero-order valence-electron chi connectivity index (χ0n) is 16.4. The molecule has 2 aromatic carbocycles. The van der Waals surface area contributed by atoms with Gasteiger partial charge in [0.25, 0.3) is 0 Å². The Morgan fingerprint density at radius 1 is 0.688 bits per heavy atom. The van der Waals surface area contributed by atoms with Gasteiger partial charge in [0, 0.05) is 16.7 Å². The summed E-state index contributed by atoms with van der Waals surface area (Å²) in [6, 6.07) is 17.4. The van der Waals surface area contributed by atoms with Crippen LogP contribution in [-0.2, 0) is 14.0 Å². The number of fused-ring (bicyclic) bond motifs is 3. The molecular formula is C23H15Cl7N2. The molecule has 0 fully saturated rings. The van der Waals surface area contributed by atoms with Gasteiger partial charge in [0.15, 0.2) is 0 Å². The summed E-state index contributed by atoms with van der Waals surface area (Å²) in [6.07, 6.45) is 1.83. The minimum atomic E-state index is -1.72. The van der Waals surface area contributed by atoms with Gasteiger partial charge >= 0.3 is 0 Å². The number of hydrogen-bond acceptors (Lipinski definition) is 2. The first-order valence-corrected chi connectivity index (χ1v) is 12.4. The Balaban J connectivity index is 1.98. The van der Waals surface area contributed by atoms with E-state index in [1.54, 1.807) is 12.1 Å². The monoisotopic (exact) mass is 564 g/mol. The maximum atomic E-state index is 6.23. The molecule has 0 aliphatic carbocycles. The van der Waals surface area contributed by atoms with Gasteiger partial charge in [0.05, 0.1) is 22.4 Å². The summed E-state index contributed by atoms with van der Waals surface area (Å²) in [6.45, 7) is 0. The van der Waals surface area contributed by atoms with Crippen LogP contribution in [0, 0.1) is 0 Å². The molecule has 0 N–H and O–H groups in total. The van der Waals surface area contributed by atoms with Gasteiger partial charge in [-0.1, -0.05) is 112 Å². The molecular weight excluding hydrogens is 552 g/mol. The van der Waals surface area contributed by atoms with Crippen molar-refractivity contribution in [2.24, 2.45) is 0 Å². The van der Waals surface area contributed by atoms with Crippen molar-refractivity contribution in [1.82, 2.24) is 9.97 Å². The maximum absolute atomic E-state index is 6.23. The number of aromatic nitrogens is 2. The Bertz CT molecular complexity index is 1280. The largest absolute Gasteiger partial charge is 0.246 e. The van der Waals surface area contributed by atoms with E-state index in [4.69, 9.17) is 81.2 Å². The summed E-state index contributed by atoms with van der Waals surface area (Å²) >= 11 is 42.7. The molecule has 0 amide bonds. The number of alkyl halides is 7. The number of nitrogens with zero attached hydrogens (tertiary/aromatic N) is 2. The van der Waals surface area contributed by atoms with Crippen LogP contribution in [0.5, 0.6) is 0 Å². The number of hydrogen-bond donors (Lipinski definition) is 0. The zero-order chi connectivity index (χ0) is 23.1. The van der Waals surface area contributed by atoms with Crippen LogP contribution in [0.3, 0.4) is 0 Å². The molecule has 0 aliphatic heterocycles. The number of aryl methyl sites for hydroxylation is 1. The average molecular weight is 568 g/mol. The Morgan fingerprint density at radius 3 is 1.94 bits per heavy atom. The summed E-state index contributed by atoms with van der Waals surface area (Å²) < 4.78 is -3.40. The first kappa shape index (κ1) is 24.4. The summed E-state index contributed by atoms with van der Waals surface area (Å²) in [5.74, 6) is 0.625. The fourth-order valence-electron chi connectivity index (χ4n) is 3.54. The van der Waals surface area contributed by atoms with E-state index in [-0.39, 0.29) is 11.4 Å². The molecule has 0 atom stereocenters. The molecule has 0 saturated heterocycles. The van der Waals surface area contributed by atoms with Crippen molar-refractivity contribution in [2.45, 2.75) is 20.4 Å². The van der Waals surface area contributed by atoms with Gasteiger partial charge in [-0.15, -0.1) is 11.6 Å². The highest BCUT2D eigenvalue weighted by atomic mass is 35.6. The highest BCUT2D eigenvalue weighted by Crippen LogP contribution is 2.42. The van der Waals surface area contributed by atoms with Crippen molar-refractivity contribution in [3.63, 3.8) is 0 Å². The minimum absolute atomic E-state index is 0.282. The lowest BCUT2D eigenvalue weighted by Gasteiger charge is -2.17. The van der Waals surface area contributed by atoms with E-state index in [1.807, 2.05) is 30.3 Å². The second-order valence-corrected chi connectivity index (χ2v) is 12.2. The van der Waals surface area contributed by atoms with E-state index in [0.717, 1.165) is 34.7 Å². The summed E-state index contributed by atoms with van der Waals surface area (Å²) in [5.41, 5.74) is 4.71. The topological polar surface area (TPSA) is 25.8 Å². The van der Waals surface area contributed by atoms with Gasteiger partial charge in [-0.25, -0.2) is 9.97 Å². The number of benzene rings is 2. The Labute approximate surface area is 220 Å². The van der Waals surface area contributed by atoms with Crippen molar-refractivity contribution in [1.29, 1.82) is 0 Å². The van der Waals surface area contributed by atoms with Crippen molar-refractivity contribution in [3.8, 4) is 11.1 Å². The standard InChI is InChI=1S/C23H15Cl7N2/c24-11-1-2-13-3-5-14(6-4-13)17-12-19(23(28,29)30)32-21-16(17)9-7-15-8-10-18(22(25,26)27)31-20(15)21/h3-10,12H,1-2,11H2. The van der Waals surface area contributed by atoms with Crippen molar-refractivity contribution in [3.05, 3.63) is 71.5 Å². The molecule has 2 aromatic heterocycles. The minimum Gasteiger partial charge on any atom is -0.246 e. The van der Waals surface area contributed by atoms with Crippen molar-refractivity contribution in [2.75, 3.05) is 5.88 Å². The molecule has 2 nitrogen and oxygen atoms in total. The molecule has 166 valence electrons. The Morgan fingerprint density at radius 2 is 1.31 bits per heavy atom. The number of halogens is 7. The first-order chi connectivity index (χ1) is 15.1. The summed E-state index contributed by atoms with van der Waals surface area (Å²) in [4.78, 5) is 9.22. The van der Waals surface area contributed by atoms with Crippen molar-refractivity contribution >= 4 is 103 Å². The second kappa shape index (κ2) is 9.50. The van der Waals surface area contributed by atoms with E-state index in [2.05, 4.69) is 22.1 Å². The average Bonchev–Trinajstić information content (AvgIpc) is 2.75. The third-order valence-electron chi connectivity index (χ3n) is 5.08. The predicted octanol–water partition coefficient (Wildman–Crippen LogP) is 9.27. The summed E-state index contributed by atoms with van der Waals surface area (Å²) in [5, 5.41) is 1.67. The quantitative estimate of drug-likeness (QED) is 0.181. The lowest BCUT2D eigenvalue weighted by atomic mass is 9.97. The molecule has 0 bridgehead atoms. The molecule has 0 unspecified atom stereocenters. The van der Waals surface area contributed by atoms with Crippen LogP contribution in [0.4, 0.5) is 0 Å². The second-order valence-electron chi connectivity index (χ2n) is 7.27. The van der Waals surface area contributed by atoms with Gasteiger partial charge < -0.3 is 0 Å². The van der Waals surface area contributed by atoms with Gasteiger partial charge in [-0.2, -0.15) is 0 Å². The van der Waals surface area contributed by atoms with Crippen LogP contribution in [0.2, 0.25) is 0 Å². The third kappa shape index (κ3) is 5.18. The SMILES string of the molecule is ClCCCc1ccc(-c2cc(C(Cl)(Cl)Cl)nc3c2ccc2ccc(C(Cl)(Cl)Cl)nc23)cc1. The highest BCUT2D eigenvalue weighted by molar-refractivity contribution is 6.67. The van der Waals surface area contributed by atoms with Gasteiger partial charge in [-0.3, -0.25) is 0 Å². The Kier molecular flexibility index (Phi) is 7.25. The molecule has 0 spiro atoms. The Hall–Kier alpha value is -0.710. The third-order valence-corrected chi connectivity index (χ3v) is 6.51. The van der Waals surface area contributed by atoms with E-state index < -0.39 is 7.59 Å². The maximum Gasteiger partial charge on any atom is 0.232 e. The lowest BCUT2D eigenvalue weighted by molar-refractivity contribution is 0.929. The normalized spacial score (nSPS) is 12.6.